The Balaban J connectivity index is 1.49. The van der Waals surface area contributed by atoms with Gasteiger partial charge in [-0.3, -0.25) is 4.90 Å². The fourth-order valence-electron chi connectivity index (χ4n) is 3.45. The van der Waals surface area contributed by atoms with Crippen molar-refractivity contribution in [2.45, 2.75) is 18.7 Å². The summed E-state index contributed by atoms with van der Waals surface area (Å²) < 4.78 is 47.2. The standard InChI is InChI=1S/C21H28FN3O3S/c1-3-28-21-9-8-18(16-17(21)2)29(26,27)23-10-11-24-12-14-25(15-13-24)20-7-5-4-6-19(20)22/h4-9,16,23H,3,10-15H2,1-2H3. The maximum absolute atomic E-state index is 13.9. The summed E-state index contributed by atoms with van der Waals surface area (Å²) in [7, 11) is -3.57. The van der Waals surface area contributed by atoms with E-state index in [4.69, 9.17) is 4.74 Å². The van der Waals surface area contributed by atoms with Gasteiger partial charge in [-0.15, -0.1) is 0 Å². The average Bonchev–Trinajstić information content (AvgIpc) is 2.70. The quantitative estimate of drug-likeness (QED) is 0.710. The summed E-state index contributed by atoms with van der Waals surface area (Å²) in [6, 6.07) is 11.7. The first-order chi connectivity index (χ1) is 13.9. The SMILES string of the molecule is CCOc1ccc(S(=O)(=O)NCCN2CCN(c3ccccc3F)CC2)cc1C. The fraction of sp³-hybridized carbons (Fsp3) is 0.429. The van der Waals surface area contributed by atoms with Crippen LogP contribution in [-0.4, -0.2) is 59.2 Å². The summed E-state index contributed by atoms with van der Waals surface area (Å²) in [5.41, 5.74) is 1.41. The van der Waals surface area contributed by atoms with Crippen LogP contribution in [0.4, 0.5) is 10.1 Å². The van der Waals surface area contributed by atoms with E-state index < -0.39 is 10.0 Å². The van der Waals surface area contributed by atoms with Gasteiger partial charge in [-0.1, -0.05) is 12.1 Å². The van der Waals surface area contributed by atoms with Crippen molar-refractivity contribution < 1.29 is 17.5 Å². The van der Waals surface area contributed by atoms with Gasteiger partial charge >= 0.3 is 0 Å². The van der Waals surface area contributed by atoms with E-state index in [1.807, 2.05) is 24.8 Å². The molecule has 1 heterocycles. The Labute approximate surface area is 172 Å². The summed E-state index contributed by atoms with van der Waals surface area (Å²) in [5.74, 6) is 0.485. The third kappa shape index (κ3) is 5.46. The van der Waals surface area contributed by atoms with Gasteiger partial charge in [-0.25, -0.2) is 17.5 Å². The predicted molar refractivity (Wildman–Crippen MR) is 113 cm³/mol. The van der Waals surface area contributed by atoms with E-state index in [0.29, 0.717) is 44.2 Å². The van der Waals surface area contributed by atoms with Crippen LogP contribution in [0.1, 0.15) is 12.5 Å². The van der Waals surface area contributed by atoms with E-state index in [1.165, 1.54) is 6.07 Å². The fourth-order valence-corrected chi connectivity index (χ4v) is 4.55. The lowest BCUT2D eigenvalue weighted by Gasteiger charge is -2.36. The number of rotatable bonds is 8. The van der Waals surface area contributed by atoms with Crippen LogP contribution in [0, 0.1) is 12.7 Å². The Kier molecular flexibility index (Phi) is 7.10. The van der Waals surface area contributed by atoms with Crippen molar-refractivity contribution >= 4 is 15.7 Å². The molecule has 0 saturated carbocycles. The molecular weight excluding hydrogens is 393 g/mol. The molecule has 0 aromatic heterocycles. The van der Waals surface area contributed by atoms with E-state index in [2.05, 4.69) is 9.62 Å². The molecule has 8 heteroatoms. The van der Waals surface area contributed by atoms with Gasteiger partial charge in [-0.05, 0) is 49.7 Å². The largest absolute Gasteiger partial charge is 0.494 e. The van der Waals surface area contributed by atoms with E-state index in [0.717, 1.165) is 18.7 Å². The van der Waals surface area contributed by atoms with E-state index in [-0.39, 0.29) is 10.7 Å². The summed E-state index contributed by atoms with van der Waals surface area (Å²) in [4.78, 5) is 4.45. The lowest BCUT2D eigenvalue weighted by Crippen LogP contribution is -2.48. The average molecular weight is 422 g/mol. The van der Waals surface area contributed by atoms with Gasteiger partial charge in [0.25, 0.3) is 0 Å². The number of hydrogen-bond acceptors (Lipinski definition) is 5. The number of benzene rings is 2. The molecule has 6 nitrogen and oxygen atoms in total. The summed E-state index contributed by atoms with van der Waals surface area (Å²) in [6.45, 7) is 8.15. The van der Waals surface area contributed by atoms with E-state index in [1.54, 1.807) is 30.3 Å². The monoisotopic (exact) mass is 421 g/mol. The Bertz CT molecular complexity index is 929. The first-order valence-electron chi connectivity index (χ1n) is 9.85. The molecule has 2 aromatic rings. The van der Waals surface area contributed by atoms with E-state index in [9.17, 15) is 12.8 Å². The second-order valence-corrected chi connectivity index (χ2v) is 8.81. The highest BCUT2D eigenvalue weighted by Gasteiger charge is 2.20. The minimum atomic E-state index is -3.57. The van der Waals surface area contributed by atoms with Gasteiger partial charge in [0.2, 0.25) is 10.0 Å². The molecule has 0 spiro atoms. The minimum absolute atomic E-state index is 0.209. The van der Waals surface area contributed by atoms with Crippen molar-refractivity contribution in [3.05, 3.63) is 53.8 Å². The van der Waals surface area contributed by atoms with Crippen LogP contribution in [0.15, 0.2) is 47.4 Å². The molecule has 3 rings (SSSR count). The van der Waals surface area contributed by atoms with Gasteiger partial charge < -0.3 is 9.64 Å². The highest BCUT2D eigenvalue weighted by atomic mass is 32.2. The predicted octanol–water partition coefficient (Wildman–Crippen LogP) is 2.63. The van der Waals surface area contributed by atoms with Crippen LogP contribution in [0.3, 0.4) is 0 Å². The number of nitrogens with one attached hydrogen (secondary N) is 1. The normalized spacial score (nSPS) is 15.5. The summed E-state index contributed by atoms with van der Waals surface area (Å²) in [6.07, 6.45) is 0. The number of sulfonamides is 1. The van der Waals surface area contributed by atoms with Crippen LogP contribution in [0.2, 0.25) is 0 Å². The molecule has 1 fully saturated rings. The molecule has 0 amide bonds. The lowest BCUT2D eigenvalue weighted by molar-refractivity contribution is 0.261. The Morgan fingerprint density at radius 2 is 1.83 bits per heavy atom. The maximum atomic E-state index is 13.9. The van der Waals surface area contributed by atoms with Crippen LogP contribution in [-0.2, 0) is 10.0 Å². The minimum Gasteiger partial charge on any atom is -0.494 e. The number of aryl methyl sites for hydroxylation is 1. The second kappa shape index (κ2) is 9.56. The highest BCUT2D eigenvalue weighted by Crippen LogP contribution is 2.22. The number of hydrogen-bond donors (Lipinski definition) is 1. The van der Waals surface area contributed by atoms with Crippen LogP contribution in [0.5, 0.6) is 5.75 Å². The van der Waals surface area contributed by atoms with Crippen molar-refractivity contribution in [1.82, 2.24) is 9.62 Å². The number of halogens is 1. The molecule has 0 aliphatic carbocycles. The number of piperazine rings is 1. The molecule has 0 radical (unpaired) electrons. The topological polar surface area (TPSA) is 61.9 Å². The molecule has 0 unspecified atom stereocenters. The molecule has 1 saturated heterocycles. The Hall–Kier alpha value is -2.16. The Morgan fingerprint density at radius 3 is 2.48 bits per heavy atom. The maximum Gasteiger partial charge on any atom is 0.240 e. The molecule has 1 aliphatic heterocycles. The first kappa shape index (κ1) is 21.5. The zero-order valence-electron chi connectivity index (χ0n) is 16.9. The number of nitrogens with zero attached hydrogens (tertiary/aromatic N) is 2. The third-order valence-electron chi connectivity index (χ3n) is 5.04. The molecule has 29 heavy (non-hydrogen) atoms. The first-order valence-corrected chi connectivity index (χ1v) is 11.3. The molecule has 158 valence electrons. The van der Waals surface area contributed by atoms with E-state index >= 15 is 0 Å². The number of anilines is 1. The molecule has 0 atom stereocenters. The van der Waals surface area contributed by atoms with Crippen molar-refractivity contribution in [1.29, 1.82) is 0 Å². The molecule has 1 N–H and O–H groups in total. The smallest absolute Gasteiger partial charge is 0.240 e. The van der Waals surface area contributed by atoms with Gasteiger partial charge in [0.05, 0.1) is 17.2 Å². The van der Waals surface area contributed by atoms with Gasteiger partial charge in [0.15, 0.2) is 0 Å². The Morgan fingerprint density at radius 1 is 1.10 bits per heavy atom. The molecule has 2 aromatic carbocycles. The van der Waals surface area contributed by atoms with Crippen molar-refractivity contribution in [3.8, 4) is 5.75 Å². The van der Waals surface area contributed by atoms with Crippen LogP contribution < -0.4 is 14.4 Å². The summed E-state index contributed by atoms with van der Waals surface area (Å²) in [5, 5.41) is 0. The van der Waals surface area contributed by atoms with Crippen molar-refractivity contribution in [3.63, 3.8) is 0 Å². The van der Waals surface area contributed by atoms with Gasteiger partial charge in [0.1, 0.15) is 11.6 Å². The summed E-state index contributed by atoms with van der Waals surface area (Å²) >= 11 is 0. The van der Waals surface area contributed by atoms with Crippen LogP contribution >= 0.6 is 0 Å². The van der Waals surface area contributed by atoms with Crippen molar-refractivity contribution in [2.24, 2.45) is 0 Å². The molecular formula is C21H28FN3O3S. The second-order valence-electron chi connectivity index (χ2n) is 7.04. The van der Waals surface area contributed by atoms with Gasteiger partial charge in [-0.2, -0.15) is 0 Å². The lowest BCUT2D eigenvalue weighted by atomic mass is 10.2. The number of para-hydroxylation sites is 1. The molecule has 0 bridgehead atoms. The number of ether oxygens (including phenoxy) is 1. The zero-order valence-corrected chi connectivity index (χ0v) is 17.7. The van der Waals surface area contributed by atoms with Crippen LogP contribution in [0.25, 0.3) is 0 Å². The third-order valence-corrected chi connectivity index (χ3v) is 6.50. The highest BCUT2D eigenvalue weighted by molar-refractivity contribution is 7.89. The zero-order chi connectivity index (χ0) is 20.9. The van der Waals surface area contributed by atoms with Gasteiger partial charge in [0, 0.05) is 39.3 Å². The molecule has 1 aliphatic rings. The van der Waals surface area contributed by atoms with Crippen molar-refractivity contribution in [2.75, 3.05) is 50.8 Å².